The Bertz CT molecular complexity index is 1710. The molecular formula is C40H51N3O7Si. The van der Waals surface area contributed by atoms with Crippen LogP contribution < -0.4 is 14.5 Å². The lowest BCUT2D eigenvalue weighted by atomic mass is 9.82. The second-order valence-corrected chi connectivity index (χ2v) is 18.7. The molecule has 3 heterocycles. The van der Waals surface area contributed by atoms with Crippen LogP contribution in [0.2, 0.25) is 18.6 Å². The Morgan fingerprint density at radius 3 is 2.41 bits per heavy atom. The molecule has 6 rings (SSSR count). The van der Waals surface area contributed by atoms with E-state index in [9.17, 15) is 24.3 Å². The summed E-state index contributed by atoms with van der Waals surface area (Å²) < 4.78 is 12.5. The van der Waals surface area contributed by atoms with Gasteiger partial charge in [-0.2, -0.15) is 0 Å². The fourth-order valence-corrected chi connectivity index (χ4v) is 11.0. The fourth-order valence-electron chi connectivity index (χ4n) is 8.45. The number of aliphatic hydroxyl groups is 1. The normalized spacial score (nSPS) is 23.7. The van der Waals surface area contributed by atoms with Gasteiger partial charge in [-0.1, -0.05) is 62.2 Å². The Hall–Kier alpha value is -4.03. The van der Waals surface area contributed by atoms with Gasteiger partial charge in [0.2, 0.25) is 11.8 Å². The third-order valence-corrected chi connectivity index (χ3v) is 13.4. The first-order chi connectivity index (χ1) is 24.5. The first-order valence-electron chi connectivity index (χ1n) is 18.2. The van der Waals surface area contributed by atoms with E-state index >= 15 is 0 Å². The summed E-state index contributed by atoms with van der Waals surface area (Å²) in [6, 6.07) is 23.0. The molecule has 2 saturated heterocycles. The first-order valence-corrected chi connectivity index (χ1v) is 21.2. The van der Waals surface area contributed by atoms with Crippen molar-refractivity contribution < 1.29 is 33.8 Å². The van der Waals surface area contributed by atoms with E-state index < -0.39 is 31.5 Å². The summed E-state index contributed by atoms with van der Waals surface area (Å²) in [7, 11) is -1.44. The first kappa shape index (κ1) is 36.7. The standard InChI is InChI=1S/C40H51N3O7Si/c1-28-38(51(3,4)48)35(25-37(46)41(22-23-44)26-29-12-8-7-9-13-29)50-40(28)33-24-32(49-2)19-20-34(33)43(39(40)47)27-30-15-17-31(18-16-30)42-21-11-6-5-10-14-36(42)45/h7-9,12-13,15-20,24,28,35,38,44,48H,5-6,10-11,14,21-23,25-27H2,1-4H3/t28-,35+,38-,40+/m0/s1. The number of ether oxygens (including phenoxy) is 2. The zero-order chi connectivity index (χ0) is 36.3. The molecular weight excluding hydrogens is 663 g/mol. The van der Waals surface area contributed by atoms with Crippen LogP contribution in [-0.2, 0) is 37.8 Å². The number of carbonyl (C=O) groups is 3. The summed E-state index contributed by atoms with van der Waals surface area (Å²) in [6.07, 6.45) is 3.88. The van der Waals surface area contributed by atoms with Crippen LogP contribution >= 0.6 is 0 Å². The zero-order valence-corrected chi connectivity index (χ0v) is 31.2. The molecule has 4 atom stereocenters. The number of aliphatic hydroxyl groups excluding tert-OH is 1. The molecule has 51 heavy (non-hydrogen) atoms. The molecule has 272 valence electrons. The molecule has 3 aliphatic rings. The van der Waals surface area contributed by atoms with Crippen LogP contribution in [0.25, 0.3) is 0 Å². The highest BCUT2D eigenvalue weighted by atomic mass is 28.4. The van der Waals surface area contributed by atoms with Gasteiger partial charge in [-0.15, -0.1) is 0 Å². The Morgan fingerprint density at radius 1 is 1.00 bits per heavy atom. The third kappa shape index (κ3) is 7.35. The van der Waals surface area contributed by atoms with Crippen molar-refractivity contribution in [3.05, 3.63) is 89.5 Å². The summed E-state index contributed by atoms with van der Waals surface area (Å²) in [6.45, 7) is 6.91. The van der Waals surface area contributed by atoms with Gasteiger partial charge < -0.3 is 34.1 Å². The van der Waals surface area contributed by atoms with Gasteiger partial charge in [0, 0.05) is 48.8 Å². The minimum absolute atomic E-state index is 0.0379. The Kier molecular flexibility index (Phi) is 11.0. The maximum absolute atomic E-state index is 14.9. The molecule has 3 amide bonds. The number of nitrogens with zero attached hydrogens (tertiary/aromatic N) is 3. The van der Waals surface area contributed by atoms with Gasteiger partial charge in [0.25, 0.3) is 5.91 Å². The minimum Gasteiger partial charge on any atom is -0.497 e. The smallest absolute Gasteiger partial charge is 0.264 e. The second kappa shape index (κ2) is 15.3. The van der Waals surface area contributed by atoms with Crippen LogP contribution in [0.1, 0.15) is 62.1 Å². The number of methoxy groups -OCH3 is 1. The number of benzene rings is 3. The van der Waals surface area contributed by atoms with Crippen molar-refractivity contribution in [3.63, 3.8) is 0 Å². The van der Waals surface area contributed by atoms with E-state index in [0.717, 1.165) is 42.5 Å². The lowest BCUT2D eigenvalue weighted by molar-refractivity contribution is -0.150. The van der Waals surface area contributed by atoms with E-state index in [2.05, 4.69) is 0 Å². The predicted molar refractivity (Wildman–Crippen MR) is 199 cm³/mol. The van der Waals surface area contributed by atoms with E-state index in [-0.39, 0.29) is 43.8 Å². The average Bonchev–Trinajstić information content (AvgIpc) is 3.53. The highest BCUT2D eigenvalue weighted by Gasteiger charge is 2.66. The molecule has 0 aromatic heterocycles. The maximum Gasteiger partial charge on any atom is 0.264 e. The van der Waals surface area contributed by atoms with Gasteiger partial charge in [-0.25, -0.2) is 0 Å². The van der Waals surface area contributed by atoms with E-state index in [0.29, 0.717) is 36.5 Å². The quantitative estimate of drug-likeness (QED) is 0.243. The number of hydrogen-bond acceptors (Lipinski definition) is 7. The Balaban J connectivity index is 1.30. The van der Waals surface area contributed by atoms with Crippen molar-refractivity contribution >= 4 is 37.4 Å². The summed E-state index contributed by atoms with van der Waals surface area (Å²) >= 11 is 0. The molecule has 1 spiro atoms. The topological polar surface area (TPSA) is 120 Å². The van der Waals surface area contributed by atoms with Gasteiger partial charge in [-0.3, -0.25) is 14.4 Å². The molecule has 0 aliphatic carbocycles. The number of fused-ring (bicyclic) bond motifs is 2. The molecule has 2 N–H and O–H groups in total. The Labute approximate surface area is 302 Å². The van der Waals surface area contributed by atoms with Crippen LogP contribution in [0.4, 0.5) is 11.4 Å². The van der Waals surface area contributed by atoms with Crippen LogP contribution in [-0.4, -0.2) is 73.8 Å². The van der Waals surface area contributed by atoms with E-state index in [1.807, 2.05) is 97.7 Å². The van der Waals surface area contributed by atoms with Gasteiger partial charge in [0.1, 0.15) is 5.75 Å². The molecule has 3 aliphatic heterocycles. The number of anilines is 2. The van der Waals surface area contributed by atoms with Crippen LogP contribution in [0.3, 0.4) is 0 Å². The molecule has 0 radical (unpaired) electrons. The molecule has 3 aromatic carbocycles. The molecule has 11 heteroatoms. The number of amides is 3. The number of rotatable bonds is 11. The lowest BCUT2D eigenvalue weighted by Crippen LogP contribution is -2.46. The summed E-state index contributed by atoms with van der Waals surface area (Å²) in [5.74, 6) is -0.180. The van der Waals surface area contributed by atoms with Crippen molar-refractivity contribution in [2.45, 2.75) is 88.9 Å². The monoisotopic (exact) mass is 713 g/mol. The van der Waals surface area contributed by atoms with Crippen molar-refractivity contribution in [1.82, 2.24) is 4.90 Å². The molecule has 3 aromatic rings. The third-order valence-electron chi connectivity index (χ3n) is 10.9. The van der Waals surface area contributed by atoms with Gasteiger partial charge in [-0.05, 0) is 67.4 Å². The number of carbonyl (C=O) groups excluding carboxylic acids is 3. The predicted octanol–water partition coefficient (Wildman–Crippen LogP) is 5.75. The van der Waals surface area contributed by atoms with E-state index in [1.54, 1.807) is 16.9 Å². The van der Waals surface area contributed by atoms with Crippen LogP contribution in [0.5, 0.6) is 5.75 Å². The average molecular weight is 714 g/mol. The van der Waals surface area contributed by atoms with Crippen LogP contribution in [0.15, 0.2) is 72.8 Å². The van der Waals surface area contributed by atoms with Crippen LogP contribution in [0, 0.1) is 5.92 Å². The van der Waals surface area contributed by atoms with E-state index in [4.69, 9.17) is 9.47 Å². The van der Waals surface area contributed by atoms with Crippen molar-refractivity contribution in [2.75, 3.05) is 36.6 Å². The van der Waals surface area contributed by atoms with Crippen molar-refractivity contribution in [3.8, 4) is 5.75 Å². The number of hydrogen-bond donors (Lipinski definition) is 2. The highest BCUT2D eigenvalue weighted by molar-refractivity contribution is 6.71. The van der Waals surface area contributed by atoms with Gasteiger partial charge in [0.05, 0.1) is 38.5 Å². The van der Waals surface area contributed by atoms with Gasteiger partial charge >= 0.3 is 0 Å². The largest absolute Gasteiger partial charge is 0.497 e. The molecule has 2 fully saturated rings. The summed E-state index contributed by atoms with van der Waals surface area (Å²) in [5.41, 5.74) is 2.19. The van der Waals surface area contributed by atoms with Gasteiger partial charge in [0.15, 0.2) is 13.9 Å². The second-order valence-electron chi connectivity index (χ2n) is 14.7. The van der Waals surface area contributed by atoms with Crippen molar-refractivity contribution in [2.24, 2.45) is 5.92 Å². The maximum atomic E-state index is 14.9. The minimum atomic E-state index is -3.02. The van der Waals surface area contributed by atoms with Crippen molar-refractivity contribution in [1.29, 1.82) is 0 Å². The summed E-state index contributed by atoms with van der Waals surface area (Å²) in [5, 5.41) is 9.84. The highest BCUT2D eigenvalue weighted by Crippen LogP contribution is 2.60. The zero-order valence-electron chi connectivity index (χ0n) is 30.2. The SMILES string of the molecule is COc1ccc2c(c1)[C@@]1(O[C@H](CC(=O)N(CCO)Cc3ccccc3)[C@@H]([Si](C)(C)O)[C@@H]1C)C(=O)N2Cc1ccc(N2CCCCCCC2=O)cc1. The molecule has 0 saturated carbocycles. The molecule has 0 bridgehead atoms. The molecule has 10 nitrogen and oxygen atoms in total. The van der Waals surface area contributed by atoms with E-state index in [1.165, 1.54) is 0 Å². The summed E-state index contributed by atoms with van der Waals surface area (Å²) in [4.78, 5) is 58.7. The lowest BCUT2D eigenvalue weighted by Gasteiger charge is -2.32. The molecule has 0 unspecified atom stereocenters. The fraction of sp³-hybridized carbons (Fsp3) is 0.475. The Morgan fingerprint density at radius 2 is 1.73 bits per heavy atom.